The van der Waals surface area contributed by atoms with Crippen molar-refractivity contribution in [3.8, 4) is 0 Å². The molecule has 1 aliphatic rings. The summed E-state index contributed by atoms with van der Waals surface area (Å²) in [7, 11) is 0. The van der Waals surface area contributed by atoms with E-state index in [1.165, 1.54) is 12.1 Å². The molecule has 1 aliphatic carbocycles. The number of benzene rings is 1. The third-order valence-corrected chi connectivity index (χ3v) is 4.30. The van der Waals surface area contributed by atoms with Crippen LogP contribution < -0.4 is 11.1 Å². The summed E-state index contributed by atoms with van der Waals surface area (Å²) in [4.78, 5) is -0.00908. The van der Waals surface area contributed by atoms with Crippen molar-refractivity contribution in [1.29, 1.82) is 0 Å². The molecular formula is C14H18F2N2S. The lowest BCUT2D eigenvalue weighted by atomic mass is 9.92. The van der Waals surface area contributed by atoms with Gasteiger partial charge in [-0.2, -0.15) is 0 Å². The van der Waals surface area contributed by atoms with E-state index in [0.717, 1.165) is 12.8 Å². The van der Waals surface area contributed by atoms with Crippen LogP contribution in [0, 0.1) is 23.0 Å². The molecule has 5 heteroatoms. The third-order valence-electron chi connectivity index (χ3n) is 4.06. The van der Waals surface area contributed by atoms with Gasteiger partial charge in [0, 0.05) is 12.1 Å². The van der Waals surface area contributed by atoms with Gasteiger partial charge in [0.25, 0.3) is 0 Å². The highest BCUT2D eigenvalue weighted by Crippen LogP contribution is 2.51. The fraction of sp³-hybridized carbons (Fsp3) is 0.500. The standard InChI is InChI=1S/C14H18F2N2S/c1-8(2)14(3-4-14)7-18-12-10(15)5-9(13(17)19)6-11(12)16/h5-6,8,18H,3-4,7H2,1-2H3,(H2,17,19). The molecule has 19 heavy (non-hydrogen) atoms. The highest BCUT2D eigenvalue weighted by molar-refractivity contribution is 7.80. The van der Waals surface area contributed by atoms with Gasteiger partial charge >= 0.3 is 0 Å². The molecule has 0 heterocycles. The molecule has 3 N–H and O–H groups in total. The lowest BCUT2D eigenvalue weighted by molar-refractivity contribution is 0.379. The van der Waals surface area contributed by atoms with E-state index in [4.69, 9.17) is 18.0 Å². The number of nitrogens with one attached hydrogen (secondary N) is 1. The Morgan fingerprint density at radius 1 is 1.37 bits per heavy atom. The molecule has 0 saturated heterocycles. The predicted octanol–water partition coefficient (Wildman–Crippen LogP) is 3.45. The molecule has 104 valence electrons. The predicted molar refractivity (Wildman–Crippen MR) is 77.2 cm³/mol. The Hall–Kier alpha value is -1.23. The smallest absolute Gasteiger partial charge is 0.150 e. The molecule has 0 atom stereocenters. The Labute approximate surface area is 117 Å². The zero-order valence-electron chi connectivity index (χ0n) is 11.1. The van der Waals surface area contributed by atoms with Crippen LogP contribution in [0.5, 0.6) is 0 Å². The van der Waals surface area contributed by atoms with E-state index in [-0.39, 0.29) is 21.7 Å². The van der Waals surface area contributed by atoms with Gasteiger partial charge in [-0.05, 0) is 36.3 Å². The van der Waals surface area contributed by atoms with E-state index in [1.54, 1.807) is 0 Å². The van der Waals surface area contributed by atoms with Crippen molar-refractivity contribution in [1.82, 2.24) is 0 Å². The first-order valence-electron chi connectivity index (χ1n) is 6.38. The zero-order chi connectivity index (χ0) is 14.2. The molecule has 0 radical (unpaired) electrons. The van der Waals surface area contributed by atoms with Gasteiger partial charge in [-0.1, -0.05) is 26.1 Å². The highest BCUT2D eigenvalue weighted by atomic mass is 32.1. The minimum Gasteiger partial charge on any atom is -0.389 e. The summed E-state index contributed by atoms with van der Waals surface area (Å²) in [6, 6.07) is 2.34. The van der Waals surface area contributed by atoms with Crippen LogP contribution in [0.1, 0.15) is 32.3 Å². The molecular weight excluding hydrogens is 266 g/mol. The first-order valence-corrected chi connectivity index (χ1v) is 6.79. The average molecular weight is 284 g/mol. The maximum absolute atomic E-state index is 13.9. The number of hydrogen-bond acceptors (Lipinski definition) is 2. The molecule has 2 nitrogen and oxygen atoms in total. The van der Waals surface area contributed by atoms with Gasteiger partial charge < -0.3 is 11.1 Å². The van der Waals surface area contributed by atoms with E-state index in [0.29, 0.717) is 12.5 Å². The van der Waals surface area contributed by atoms with Crippen molar-refractivity contribution in [3.05, 3.63) is 29.3 Å². The number of hydrogen-bond donors (Lipinski definition) is 2. The number of halogens is 2. The van der Waals surface area contributed by atoms with Gasteiger partial charge in [0.2, 0.25) is 0 Å². The quantitative estimate of drug-likeness (QED) is 0.813. The summed E-state index contributed by atoms with van der Waals surface area (Å²) in [5.74, 6) is -0.799. The van der Waals surface area contributed by atoms with Crippen LogP contribution in [0.3, 0.4) is 0 Å². The summed E-state index contributed by atoms with van der Waals surface area (Å²) in [6.07, 6.45) is 2.21. The average Bonchev–Trinajstić information content (AvgIpc) is 3.08. The summed E-state index contributed by atoms with van der Waals surface area (Å²) < 4.78 is 27.7. The van der Waals surface area contributed by atoms with E-state index < -0.39 is 11.6 Å². The molecule has 0 unspecified atom stereocenters. The van der Waals surface area contributed by atoms with E-state index in [2.05, 4.69) is 19.2 Å². The first-order chi connectivity index (χ1) is 8.85. The Morgan fingerprint density at radius 3 is 2.26 bits per heavy atom. The molecule has 1 saturated carbocycles. The fourth-order valence-corrected chi connectivity index (χ4v) is 2.39. The third kappa shape index (κ3) is 2.86. The molecule has 0 spiro atoms. The topological polar surface area (TPSA) is 38.0 Å². The number of rotatable bonds is 5. The van der Waals surface area contributed by atoms with Crippen molar-refractivity contribution in [3.63, 3.8) is 0 Å². The van der Waals surface area contributed by atoms with Gasteiger partial charge in [-0.15, -0.1) is 0 Å². The van der Waals surface area contributed by atoms with Crippen LogP contribution in [-0.2, 0) is 0 Å². The highest BCUT2D eigenvalue weighted by Gasteiger charge is 2.45. The van der Waals surface area contributed by atoms with Gasteiger partial charge in [0.15, 0.2) is 0 Å². The minimum atomic E-state index is -0.651. The zero-order valence-corrected chi connectivity index (χ0v) is 11.9. The van der Waals surface area contributed by atoms with Crippen LogP contribution in [-0.4, -0.2) is 11.5 Å². The molecule has 2 rings (SSSR count). The number of thiocarbonyl (C=S) groups is 1. The van der Waals surface area contributed by atoms with Crippen molar-refractivity contribution in [2.75, 3.05) is 11.9 Å². The molecule has 0 aliphatic heterocycles. The molecule has 0 aromatic heterocycles. The second kappa shape index (κ2) is 5.04. The Bertz CT molecular complexity index is 487. The molecule has 1 aromatic carbocycles. The van der Waals surface area contributed by atoms with Crippen LogP contribution in [0.4, 0.5) is 14.5 Å². The molecule has 1 fully saturated rings. The molecule has 0 bridgehead atoms. The summed E-state index contributed by atoms with van der Waals surface area (Å²) in [5.41, 5.74) is 5.67. The Balaban J connectivity index is 2.15. The van der Waals surface area contributed by atoms with Crippen molar-refractivity contribution in [2.24, 2.45) is 17.1 Å². The van der Waals surface area contributed by atoms with Crippen molar-refractivity contribution >= 4 is 22.9 Å². The normalized spacial score (nSPS) is 16.5. The van der Waals surface area contributed by atoms with Gasteiger partial charge in [0.05, 0.1) is 0 Å². The van der Waals surface area contributed by atoms with E-state index in [1.807, 2.05) is 0 Å². The van der Waals surface area contributed by atoms with E-state index >= 15 is 0 Å². The summed E-state index contributed by atoms with van der Waals surface area (Å²) in [5, 5.41) is 2.90. The number of anilines is 1. The largest absolute Gasteiger partial charge is 0.389 e. The lowest BCUT2D eigenvalue weighted by Gasteiger charge is -2.21. The second-order valence-electron chi connectivity index (χ2n) is 5.55. The first kappa shape index (κ1) is 14.2. The summed E-state index contributed by atoms with van der Waals surface area (Å²) >= 11 is 4.72. The van der Waals surface area contributed by atoms with Crippen LogP contribution >= 0.6 is 12.2 Å². The lowest BCUT2D eigenvalue weighted by Crippen LogP contribution is -2.22. The molecule has 0 amide bonds. The van der Waals surface area contributed by atoms with E-state index in [9.17, 15) is 8.78 Å². The monoisotopic (exact) mass is 284 g/mol. The Kier molecular flexibility index (Phi) is 3.76. The van der Waals surface area contributed by atoms with Crippen LogP contribution in [0.25, 0.3) is 0 Å². The Morgan fingerprint density at radius 2 is 1.89 bits per heavy atom. The maximum atomic E-state index is 13.9. The van der Waals surface area contributed by atoms with Crippen LogP contribution in [0.15, 0.2) is 12.1 Å². The summed E-state index contributed by atoms with van der Waals surface area (Å²) in [6.45, 7) is 4.86. The van der Waals surface area contributed by atoms with Gasteiger partial charge in [-0.3, -0.25) is 0 Å². The van der Waals surface area contributed by atoms with Gasteiger partial charge in [-0.25, -0.2) is 8.78 Å². The molecule has 1 aromatic rings. The van der Waals surface area contributed by atoms with Crippen LogP contribution in [0.2, 0.25) is 0 Å². The van der Waals surface area contributed by atoms with Crippen molar-refractivity contribution < 1.29 is 8.78 Å². The number of nitrogens with two attached hydrogens (primary N) is 1. The minimum absolute atomic E-state index is 0.00908. The maximum Gasteiger partial charge on any atom is 0.150 e. The fourth-order valence-electron chi connectivity index (χ4n) is 2.27. The van der Waals surface area contributed by atoms with Gasteiger partial charge in [0.1, 0.15) is 22.3 Å². The SMILES string of the molecule is CC(C)C1(CNc2c(F)cc(C(N)=S)cc2F)CC1. The second-order valence-corrected chi connectivity index (χ2v) is 5.99. The van der Waals surface area contributed by atoms with Crippen molar-refractivity contribution in [2.45, 2.75) is 26.7 Å².